The Morgan fingerprint density at radius 1 is 0.974 bits per heavy atom. The molecule has 1 aromatic rings. The zero-order valence-corrected chi connectivity index (χ0v) is 23.1. The maximum Gasteiger partial charge on any atom is 0.433 e. The Balaban J connectivity index is 1.20. The number of rotatable bonds is 6. The van der Waals surface area contributed by atoms with Gasteiger partial charge in [-0.25, -0.2) is 9.97 Å². The number of hydrogen-bond donors (Lipinski definition) is 2. The van der Waals surface area contributed by atoms with Gasteiger partial charge in [0.15, 0.2) is 0 Å². The summed E-state index contributed by atoms with van der Waals surface area (Å²) in [6, 6.07) is 1.35. The van der Waals surface area contributed by atoms with E-state index in [1.54, 1.807) is 0 Å². The smallest absolute Gasteiger partial charge is 0.393 e. The third kappa shape index (κ3) is 7.81. The number of alkyl halides is 3. The molecular weight excluding hydrogens is 495 g/mol. The number of anilines is 1. The van der Waals surface area contributed by atoms with Crippen molar-refractivity contribution >= 4 is 11.7 Å². The molecule has 3 aliphatic rings. The van der Waals surface area contributed by atoms with Gasteiger partial charge in [0, 0.05) is 49.6 Å². The molecule has 0 radical (unpaired) electrons. The van der Waals surface area contributed by atoms with E-state index in [0.717, 1.165) is 83.5 Å². The van der Waals surface area contributed by atoms with Crippen molar-refractivity contribution in [2.24, 2.45) is 11.8 Å². The van der Waals surface area contributed by atoms with Crippen LogP contribution >= 0.6 is 0 Å². The lowest BCUT2D eigenvalue weighted by Crippen LogP contribution is -2.47. The zero-order valence-electron chi connectivity index (χ0n) is 23.1. The molecule has 1 aromatic heterocycles. The molecule has 2 heterocycles. The van der Waals surface area contributed by atoms with Crippen LogP contribution in [0.15, 0.2) is 6.07 Å². The van der Waals surface area contributed by atoms with E-state index in [4.69, 9.17) is 0 Å². The number of aromatic nitrogens is 2. The van der Waals surface area contributed by atoms with E-state index in [0.29, 0.717) is 24.8 Å². The summed E-state index contributed by atoms with van der Waals surface area (Å²) >= 11 is 0. The fourth-order valence-corrected chi connectivity index (χ4v) is 5.90. The summed E-state index contributed by atoms with van der Waals surface area (Å²) in [6.07, 6.45) is 3.67. The Morgan fingerprint density at radius 3 is 2.18 bits per heavy atom. The molecule has 2 aliphatic carbocycles. The molecule has 38 heavy (non-hydrogen) atoms. The van der Waals surface area contributed by atoms with Crippen LogP contribution in [0.3, 0.4) is 0 Å². The number of aliphatic hydroxyl groups excluding tert-OH is 1. The largest absolute Gasteiger partial charge is 0.433 e. The Bertz CT molecular complexity index is 895. The number of piperazine rings is 1. The van der Waals surface area contributed by atoms with E-state index in [-0.39, 0.29) is 29.8 Å². The lowest BCUT2D eigenvalue weighted by Gasteiger charge is -2.37. The lowest BCUT2D eigenvalue weighted by molar-refractivity contribution is -0.141. The Morgan fingerprint density at radius 2 is 1.61 bits per heavy atom. The zero-order chi connectivity index (χ0) is 27.5. The summed E-state index contributed by atoms with van der Waals surface area (Å²) in [6.45, 7) is 9.38. The molecule has 0 bridgehead atoms. The van der Waals surface area contributed by atoms with Gasteiger partial charge in [0.2, 0.25) is 5.91 Å². The minimum absolute atomic E-state index is 0.0530. The minimum atomic E-state index is -4.50. The quantitative estimate of drug-likeness (QED) is 0.553. The van der Waals surface area contributed by atoms with Gasteiger partial charge in [0.1, 0.15) is 17.3 Å². The van der Waals surface area contributed by atoms with Crippen molar-refractivity contribution in [2.75, 3.05) is 37.6 Å². The summed E-state index contributed by atoms with van der Waals surface area (Å²) in [5.41, 5.74) is -1.45. The molecule has 1 amide bonds. The van der Waals surface area contributed by atoms with Gasteiger partial charge in [-0.05, 0) is 70.3 Å². The van der Waals surface area contributed by atoms with E-state index in [1.807, 2.05) is 25.7 Å². The first-order valence-corrected chi connectivity index (χ1v) is 14.3. The Hall–Kier alpha value is -1.94. The van der Waals surface area contributed by atoms with E-state index in [1.165, 1.54) is 0 Å². The van der Waals surface area contributed by atoms with E-state index >= 15 is 0 Å². The highest BCUT2D eigenvalue weighted by Gasteiger charge is 2.36. The van der Waals surface area contributed by atoms with Crippen LogP contribution in [-0.2, 0) is 16.4 Å². The number of hydrogen-bond acceptors (Lipinski definition) is 6. The number of carbonyl (C=O) groups is 1. The third-order valence-corrected chi connectivity index (χ3v) is 8.48. The first-order chi connectivity index (χ1) is 17.9. The number of halogens is 3. The molecule has 0 unspecified atom stereocenters. The van der Waals surface area contributed by atoms with Crippen LogP contribution in [0.1, 0.15) is 90.1 Å². The first-order valence-electron chi connectivity index (χ1n) is 14.3. The highest BCUT2D eigenvalue weighted by molar-refractivity contribution is 5.79. The summed E-state index contributed by atoms with van der Waals surface area (Å²) in [5, 5.41) is 12.9. The van der Waals surface area contributed by atoms with Gasteiger partial charge in [0.05, 0.1) is 6.10 Å². The Kier molecular flexibility index (Phi) is 9.22. The highest BCUT2D eigenvalue weighted by atomic mass is 19.4. The average molecular weight is 540 g/mol. The normalized spacial score (nSPS) is 27.8. The van der Waals surface area contributed by atoms with Crippen LogP contribution in [0.4, 0.5) is 19.0 Å². The summed E-state index contributed by atoms with van der Waals surface area (Å²) in [7, 11) is 0. The average Bonchev–Trinajstić information content (AvgIpc) is 2.87. The molecule has 214 valence electrons. The van der Waals surface area contributed by atoms with Crippen molar-refractivity contribution in [3.63, 3.8) is 0 Å². The number of aliphatic hydroxyl groups is 1. The molecule has 4 rings (SSSR count). The molecule has 2 saturated carbocycles. The fourth-order valence-electron chi connectivity index (χ4n) is 5.90. The van der Waals surface area contributed by atoms with Crippen molar-refractivity contribution in [3.8, 4) is 0 Å². The van der Waals surface area contributed by atoms with Gasteiger partial charge in [-0.3, -0.25) is 9.69 Å². The van der Waals surface area contributed by atoms with Gasteiger partial charge in [-0.15, -0.1) is 0 Å². The van der Waals surface area contributed by atoms with Crippen LogP contribution < -0.4 is 10.2 Å². The molecule has 0 atom stereocenters. The van der Waals surface area contributed by atoms with Crippen LogP contribution in [0.2, 0.25) is 0 Å². The number of carbonyl (C=O) groups excluding carboxylic acids is 1. The standard InChI is InChI=1S/C28H44F3N5O2/c1-27(2,3)26-33-23(28(29,30)31)18-24(34-26)36-16-14-35(15-17-36)13-12-19-4-8-21(9-5-19)32-25(38)20-6-10-22(37)11-7-20/h18-22,37H,4-17H2,1-3H3,(H,32,38)/t19-,20-,21-,22-. The highest BCUT2D eigenvalue weighted by Crippen LogP contribution is 2.33. The molecular formula is C28H44F3N5O2. The Labute approximate surface area is 224 Å². The molecule has 1 aliphatic heterocycles. The second-order valence-electron chi connectivity index (χ2n) is 12.5. The number of nitrogens with zero attached hydrogens (tertiary/aromatic N) is 4. The topological polar surface area (TPSA) is 81.6 Å². The molecule has 0 aromatic carbocycles. The fraction of sp³-hybridized carbons (Fsp3) is 0.821. The summed E-state index contributed by atoms with van der Waals surface area (Å²) in [5.74, 6) is 1.45. The van der Waals surface area contributed by atoms with Crippen LogP contribution in [-0.4, -0.2) is 70.8 Å². The second-order valence-corrected chi connectivity index (χ2v) is 12.5. The second kappa shape index (κ2) is 12.1. The summed E-state index contributed by atoms with van der Waals surface area (Å²) in [4.78, 5) is 25.2. The number of amides is 1. The maximum atomic E-state index is 13.5. The molecule has 0 spiro atoms. The van der Waals surface area contributed by atoms with Gasteiger partial charge < -0.3 is 15.3 Å². The van der Waals surface area contributed by atoms with Gasteiger partial charge >= 0.3 is 6.18 Å². The number of nitrogens with one attached hydrogen (secondary N) is 1. The van der Waals surface area contributed by atoms with E-state index < -0.39 is 17.3 Å². The molecule has 3 fully saturated rings. The maximum absolute atomic E-state index is 13.5. The SMILES string of the molecule is CC(C)(C)c1nc(N2CCN(CC[C@H]3CC[C@H](NC(=O)[C@H]4CC[C@H](O)CC4)CC3)CC2)cc(C(F)(F)F)n1. The van der Waals surface area contributed by atoms with Gasteiger partial charge in [-0.1, -0.05) is 20.8 Å². The van der Waals surface area contributed by atoms with Crippen molar-refractivity contribution in [3.05, 3.63) is 17.6 Å². The van der Waals surface area contributed by atoms with Crippen molar-refractivity contribution in [1.82, 2.24) is 20.2 Å². The monoisotopic (exact) mass is 539 g/mol. The molecule has 1 saturated heterocycles. The van der Waals surface area contributed by atoms with Gasteiger partial charge in [0.25, 0.3) is 0 Å². The lowest BCUT2D eigenvalue weighted by atomic mass is 9.83. The molecule has 10 heteroatoms. The minimum Gasteiger partial charge on any atom is -0.393 e. The van der Waals surface area contributed by atoms with Crippen molar-refractivity contribution in [1.29, 1.82) is 0 Å². The molecule has 2 N–H and O–H groups in total. The van der Waals surface area contributed by atoms with E-state index in [9.17, 15) is 23.1 Å². The van der Waals surface area contributed by atoms with Gasteiger partial charge in [-0.2, -0.15) is 13.2 Å². The third-order valence-electron chi connectivity index (χ3n) is 8.48. The first kappa shape index (κ1) is 29.1. The van der Waals surface area contributed by atoms with Crippen LogP contribution in [0.25, 0.3) is 0 Å². The van der Waals surface area contributed by atoms with Crippen molar-refractivity contribution in [2.45, 2.75) is 102 Å². The summed E-state index contributed by atoms with van der Waals surface area (Å²) < 4.78 is 40.4. The van der Waals surface area contributed by atoms with Crippen LogP contribution in [0, 0.1) is 11.8 Å². The predicted molar refractivity (Wildman–Crippen MR) is 141 cm³/mol. The van der Waals surface area contributed by atoms with Crippen molar-refractivity contribution < 1.29 is 23.1 Å². The van der Waals surface area contributed by atoms with Crippen LogP contribution in [0.5, 0.6) is 0 Å². The predicted octanol–water partition coefficient (Wildman–Crippen LogP) is 4.53. The molecule has 7 nitrogen and oxygen atoms in total. The van der Waals surface area contributed by atoms with E-state index in [2.05, 4.69) is 20.2 Å².